The Morgan fingerprint density at radius 2 is 2.46 bits per heavy atom. The number of carbonyl (C=O) groups is 1. The van der Waals surface area contributed by atoms with Gasteiger partial charge in [0.25, 0.3) is 4.70 Å². The fourth-order valence-corrected chi connectivity index (χ4v) is 1.48. The smallest absolute Gasteiger partial charge is 0.357 e. The van der Waals surface area contributed by atoms with Gasteiger partial charge in [-0.25, -0.2) is 13.9 Å². The molecule has 1 atom stereocenters. The van der Waals surface area contributed by atoms with Gasteiger partial charge in [0.05, 0.1) is 3.57 Å². The van der Waals surface area contributed by atoms with Crippen molar-refractivity contribution in [3.05, 3.63) is 15.5 Å². The zero-order valence-corrected chi connectivity index (χ0v) is 10.2. The molecule has 0 bridgehead atoms. The Bertz CT molecular complexity index is 347. The molecule has 0 unspecified atom stereocenters. The molecule has 1 heterocycles. The van der Waals surface area contributed by atoms with Crippen LogP contribution >= 0.6 is 38.5 Å². The monoisotopic (exact) mass is 362 g/mol. The van der Waals surface area contributed by atoms with Gasteiger partial charge in [-0.2, -0.15) is 5.10 Å². The van der Waals surface area contributed by atoms with E-state index in [0.29, 0.717) is 3.57 Å². The third-order valence-corrected chi connectivity index (χ3v) is 2.43. The summed E-state index contributed by atoms with van der Waals surface area (Å²) in [6.45, 7) is 1.22. The Balaban J connectivity index is 3.17. The molecule has 7 heteroatoms. The van der Waals surface area contributed by atoms with Crippen LogP contribution in [0.5, 0.6) is 0 Å². The summed E-state index contributed by atoms with van der Waals surface area (Å²) >= 11 is 4.51. The van der Waals surface area contributed by atoms with Crippen molar-refractivity contribution in [3.63, 3.8) is 0 Å². The first-order valence-corrected chi connectivity index (χ1v) is 5.06. The summed E-state index contributed by atoms with van der Waals surface area (Å²) in [5.41, 5.74) is -0.149. The second kappa shape index (κ2) is 3.52. The van der Waals surface area contributed by atoms with Gasteiger partial charge in [-0.05, 0) is 38.5 Å². The standard InChI is InChI=1S/C6H5BrFIN2O2/c1-6(7,8)11-2-3(9)4(10-11)5(12)13/h2H,1H3,(H,12,13)/t6-/m0/s1. The van der Waals surface area contributed by atoms with E-state index in [9.17, 15) is 9.18 Å². The van der Waals surface area contributed by atoms with Gasteiger partial charge in [-0.1, -0.05) is 0 Å². The van der Waals surface area contributed by atoms with Crippen LogP contribution in [0.2, 0.25) is 0 Å². The molecule has 0 saturated heterocycles. The minimum Gasteiger partial charge on any atom is -0.476 e. The number of hydrogen-bond acceptors (Lipinski definition) is 2. The van der Waals surface area contributed by atoms with E-state index >= 15 is 0 Å². The number of alkyl halides is 2. The third-order valence-electron chi connectivity index (χ3n) is 1.27. The van der Waals surface area contributed by atoms with E-state index < -0.39 is 10.7 Å². The van der Waals surface area contributed by atoms with E-state index in [0.717, 1.165) is 4.68 Å². The zero-order chi connectivity index (χ0) is 10.2. The molecular weight excluding hydrogens is 358 g/mol. The molecule has 0 saturated carbocycles. The number of carboxylic acid groups (broad SMARTS) is 1. The van der Waals surface area contributed by atoms with Crippen LogP contribution in [0.25, 0.3) is 0 Å². The average Bonchev–Trinajstić information content (AvgIpc) is 2.29. The lowest BCUT2D eigenvalue weighted by Gasteiger charge is -2.11. The van der Waals surface area contributed by atoms with Crippen molar-refractivity contribution >= 4 is 44.5 Å². The van der Waals surface area contributed by atoms with Crippen molar-refractivity contribution in [2.75, 3.05) is 0 Å². The molecule has 1 N–H and O–H groups in total. The van der Waals surface area contributed by atoms with Crippen molar-refractivity contribution in [3.8, 4) is 0 Å². The number of nitrogens with zero attached hydrogens (tertiary/aromatic N) is 2. The largest absolute Gasteiger partial charge is 0.476 e. The summed E-state index contributed by atoms with van der Waals surface area (Å²) in [7, 11) is 0. The lowest BCUT2D eigenvalue weighted by atomic mass is 10.4. The first-order valence-electron chi connectivity index (χ1n) is 3.19. The van der Waals surface area contributed by atoms with Gasteiger partial charge < -0.3 is 5.11 Å². The van der Waals surface area contributed by atoms with Crippen molar-refractivity contribution < 1.29 is 14.3 Å². The highest BCUT2D eigenvalue weighted by molar-refractivity contribution is 14.1. The molecule has 0 aromatic carbocycles. The summed E-state index contributed by atoms with van der Waals surface area (Å²) in [5.74, 6) is -1.17. The Morgan fingerprint density at radius 3 is 2.69 bits per heavy atom. The Labute approximate surface area is 95.4 Å². The predicted molar refractivity (Wildman–Crippen MR) is 55.6 cm³/mol. The van der Waals surface area contributed by atoms with Crippen LogP contribution in [0.4, 0.5) is 4.39 Å². The fraction of sp³-hybridized carbons (Fsp3) is 0.333. The van der Waals surface area contributed by atoms with E-state index in [1.54, 1.807) is 22.6 Å². The van der Waals surface area contributed by atoms with Gasteiger partial charge in [0.1, 0.15) is 0 Å². The first-order chi connectivity index (χ1) is 5.82. The summed E-state index contributed by atoms with van der Waals surface area (Å²) in [5, 5.41) is 12.2. The quantitative estimate of drug-likeness (QED) is 0.648. The molecule has 0 spiro atoms. The Morgan fingerprint density at radius 1 is 1.92 bits per heavy atom. The third kappa shape index (κ3) is 2.39. The molecule has 13 heavy (non-hydrogen) atoms. The number of hydrogen-bond donors (Lipinski definition) is 1. The average molecular weight is 363 g/mol. The molecule has 0 aliphatic carbocycles. The molecule has 1 aromatic heterocycles. The van der Waals surface area contributed by atoms with E-state index in [2.05, 4.69) is 21.0 Å². The highest BCUT2D eigenvalue weighted by Gasteiger charge is 2.25. The second-order valence-electron chi connectivity index (χ2n) is 2.42. The van der Waals surface area contributed by atoms with Gasteiger partial charge in [0.15, 0.2) is 5.69 Å². The maximum Gasteiger partial charge on any atom is 0.357 e. The summed E-state index contributed by atoms with van der Waals surface area (Å²) < 4.78 is 12.6. The lowest BCUT2D eigenvalue weighted by Crippen LogP contribution is -2.17. The normalized spacial score (nSPS) is 15.4. The minimum absolute atomic E-state index is 0.149. The zero-order valence-electron chi connectivity index (χ0n) is 6.46. The maximum absolute atomic E-state index is 13.2. The molecule has 0 fully saturated rings. The number of aromatic nitrogens is 2. The highest BCUT2D eigenvalue weighted by Crippen LogP contribution is 2.26. The summed E-state index contributed by atoms with van der Waals surface area (Å²) in [6.07, 6.45) is 1.32. The molecule has 72 valence electrons. The number of aromatic carboxylic acids is 1. The van der Waals surface area contributed by atoms with Crippen LogP contribution < -0.4 is 0 Å². The molecule has 0 amide bonds. The van der Waals surface area contributed by atoms with Gasteiger partial charge >= 0.3 is 5.97 Å². The molecule has 0 aliphatic heterocycles. The topological polar surface area (TPSA) is 55.1 Å². The number of rotatable bonds is 2. The van der Waals surface area contributed by atoms with Gasteiger partial charge in [0.2, 0.25) is 0 Å². The minimum atomic E-state index is -1.86. The van der Waals surface area contributed by atoms with Crippen molar-refractivity contribution in [1.82, 2.24) is 9.78 Å². The van der Waals surface area contributed by atoms with E-state index in [1.807, 2.05) is 0 Å². The summed E-state index contributed by atoms with van der Waals surface area (Å²) in [6, 6.07) is 0. The summed E-state index contributed by atoms with van der Waals surface area (Å²) in [4.78, 5) is 10.5. The number of carboxylic acids is 1. The predicted octanol–water partition coefficient (Wildman–Crippen LogP) is 2.18. The van der Waals surface area contributed by atoms with E-state index in [1.165, 1.54) is 13.1 Å². The van der Waals surface area contributed by atoms with Gasteiger partial charge in [0, 0.05) is 13.1 Å². The molecule has 0 radical (unpaired) electrons. The molecule has 1 rings (SSSR count). The molecule has 1 aromatic rings. The first kappa shape index (κ1) is 10.9. The van der Waals surface area contributed by atoms with E-state index in [-0.39, 0.29) is 5.69 Å². The Kier molecular flexibility index (Phi) is 2.95. The van der Waals surface area contributed by atoms with Crippen LogP contribution in [0.3, 0.4) is 0 Å². The Hall–Kier alpha value is -0.180. The second-order valence-corrected chi connectivity index (χ2v) is 5.03. The fourth-order valence-electron chi connectivity index (χ4n) is 0.699. The lowest BCUT2D eigenvalue weighted by molar-refractivity contribution is 0.0686. The molecular formula is C6H5BrFIN2O2. The number of halogens is 3. The molecule has 0 aliphatic rings. The van der Waals surface area contributed by atoms with Crippen LogP contribution in [-0.4, -0.2) is 20.9 Å². The van der Waals surface area contributed by atoms with Gasteiger partial charge in [-0.3, -0.25) is 0 Å². The highest BCUT2D eigenvalue weighted by atomic mass is 127. The van der Waals surface area contributed by atoms with Crippen LogP contribution in [0.1, 0.15) is 17.4 Å². The van der Waals surface area contributed by atoms with Crippen molar-refractivity contribution in [2.45, 2.75) is 11.6 Å². The van der Waals surface area contributed by atoms with E-state index in [4.69, 9.17) is 5.11 Å². The SMILES string of the molecule is C[C@@](F)(Br)n1cc(I)c(C(=O)O)n1. The van der Waals surface area contributed by atoms with Crippen molar-refractivity contribution in [1.29, 1.82) is 0 Å². The van der Waals surface area contributed by atoms with Crippen LogP contribution in [-0.2, 0) is 4.70 Å². The molecule has 4 nitrogen and oxygen atoms in total. The van der Waals surface area contributed by atoms with Crippen LogP contribution in [0, 0.1) is 3.57 Å². The maximum atomic E-state index is 13.2. The van der Waals surface area contributed by atoms with Crippen molar-refractivity contribution in [2.24, 2.45) is 0 Å². The van der Waals surface area contributed by atoms with Gasteiger partial charge in [-0.15, -0.1) is 0 Å². The van der Waals surface area contributed by atoms with Crippen LogP contribution in [0.15, 0.2) is 6.20 Å².